The number of nitrogens with one attached hydrogen (secondary N) is 2. The first-order valence-corrected chi connectivity index (χ1v) is 13.6. The second kappa shape index (κ2) is 15.1. The van der Waals surface area contributed by atoms with Crippen molar-refractivity contribution in [1.29, 1.82) is 0 Å². The lowest BCUT2D eigenvalue weighted by Gasteiger charge is -2.39. The van der Waals surface area contributed by atoms with Gasteiger partial charge in [-0.25, -0.2) is 12.7 Å². The highest BCUT2D eigenvalue weighted by molar-refractivity contribution is 14.0. The fourth-order valence-corrected chi connectivity index (χ4v) is 6.50. The van der Waals surface area contributed by atoms with E-state index in [2.05, 4.69) is 34.4 Å². The summed E-state index contributed by atoms with van der Waals surface area (Å²) in [7, 11) is -1.48. The van der Waals surface area contributed by atoms with Gasteiger partial charge in [0.2, 0.25) is 10.0 Å². The molecule has 2 aliphatic heterocycles. The molecule has 0 radical (unpaired) electrons. The summed E-state index contributed by atoms with van der Waals surface area (Å²) >= 11 is 1.81. The van der Waals surface area contributed by atoms with Crippen molar-refractivity contribution in [2.75, 3.05) is 76.8 Å². The summed E-state index contributed by atoms with van der Waals surface area (Å²) in [5.41, 5.74) is 0. The average Bonchev–Trinajstić information content (AvgIpc) is 2.76. The fourth-order valence-electron chi connectivity index (χ4n) is 4.01. The number of hydrogen-bond donors (Lipinski definition) is 2. The normalized spacial score (nSPS) is 20.6. The number of morpholine rings is 1. The first-order chi connectivity index (χ1) is 14.0. The highest BCUT2D eigenvalue weighted by Gasteiger charge is 2.27. The van der Waals surface area contributed by atoms with Gasteiger partial charge in [-0.05, 0) is 5.92 Å². The number of rotatable bonds is 10. The third-order valence-electron chi connectivity index (χ3n) is 5.83. The number of hydrogen-bond acceptors (Lipinski definition) is 6. The third-order valence-corrected chi connectivity index (χ3v) is 8.64. The van der Waals surface area contributed by atoms with Crippen molar-refractivity contribution in [3.05, 3.63) is 0 Å². The van der Waals surface area contributed by atoms with Gasteiger partial charge in [-0.2, -0.15) is 11.8 Å². The van der Waals surface area contributed by atoms with Crippen LogP contribution in [0.2, 0.25) is 0 Å². The van der Waals surface area contributed by atoms with Gasteiger partial charge in [0.1, 0.15) is 0 Å². The van der Waals surface area contributed by atoms with Crippen LogP contribution in [0.5, 0.6) is 0 Å². The highest BCUT2D eigenvalue weighted by Crippen LogP contribution is 2.19. The van der Waals surface area contributed by atoms with Crippen LogP contribution < -0.4 is 10.6 Å². The van der Waals surface area contributed by atoms with Crippen molar-refractivity contribution in [2.24, 2.45) is 10.9 Å². The zero-order valence-corrected chi connectivity index (χ0v) is 22.6. The number of aliphatic imine (C=N–C) groups is 1. The van der Waals surface area contributed by atoms with E-state index < -0.39 is 10.0 Å². The van der Waals surface area contributed by atoms with E-state index in [0.717, 1.165) is 57.2 Å². The lowest BCUT2D eigenvalue weighted by atomic mass is 9.92. The van der Waals surface area contributed by atoms with Gasteiger partial charge >= 0.3 is 0 Å². The first kappa shape index (κ1) is 28.2. The second-order valence-corrected chi connectivity index (χ2v) is 10.8. The minimum Gasteiger partial charge on any atom is -0.379 e. The van der Waals surface area contributed by atoms with E-state index >= 15 is 0 Å². The number of nitrogens with zero attached hydrogens (tertiary/aromatic N) is 3. The molecule has 2 N–H and O–H groups in total. The van der Waals surface area contributed by atoms with Crippen molar-refractivity contribution in [3.8, 4) is 0 Å². The van der Waals surface area contributed by atoms with Crippen LogP contribution in [-0.4, -0.2) is 106 Å². The smallest absolute Gasteiger partial charge is 0.215 e. The summed E-state index contributed by atoms with van der Waals surface area (Å²) in [6, 6.07) is 0.419. The molecule has 2 rings (SSSR count). The maximum atomic E-state index is 12.5. The van der Waals surface area contributed by atoms with E-state index in [-0.39, 0.29) is 29.7 Å². The predicted molar refractivity (Wildman–Crippen MR) is 138 cm³/mol. The molecule has 30 heavy (non-hydrogen) atoms. The summed E-state index contributed by atoms with van der Waals surface area (Å²) < 4.78 is 32.1. The van der Waals surface area contributed by atoms with E-state index in [0.29, 0.717) is 37.6 Å². The molecule has 0 aromatic carbocycles. The van der Waals surface area contributed by atoms with E-state index in [1.165, 1.54) is 0 Å². The zero-order valence-electron chi connectivity index (χ0n) is 18.6. The Hall–Kier alpha value is 0.180. The van der Waals surface area contributed by atoms with Gasteiger partial charge in [0.05, 0.1) is 19.0 Å². The van der Waals surface area contributed by atoms with Crippen LogP contribution in [0.1, 0.15) is 26.7 Å². The molecule has 0 aromatic rings. The Morgan fingerprint density at radius 3 is 2.30 bits per heavy atom. The standard InChI is InChI=1S/C19H39N5O3S2.HI/c1-4-17(5-2)18(23-7-11-27-12-8-23)16-22-19(20-3)21-6-15-29(25,26)24-9-13-28-14-10-24;/h17-18H,4-16H2,1-3H3,(H2,20,21,22);1H. The van der Waals surface area contributed by atoms with Crippen molar-refractivity contribution in [2.45, 2.75) is 32.7 Å². The molecule has 0 amide bonds. The predicted octanol–water partition coefficient (Wildman–Crippen LogP) is 1.29. The molecule has 8 nitrogen and oxygen atoms in total. The molecule has 178 valence electrons. The molecule has 0 aromatic heterocycles. The van der Waals surface area contributed by atoms with Crippen LogP contribution in [0.4, 0.5) is 0 Å². The van der Waals surface area contributed by atoms with Gasteiger partial charge in [-0.1, -0.05) is 26.7 Å². The number of ether oxygens (including phenoxy) is 1. The maximum absolute atomic E-state index is 12.5. The van der Waals surface area contributed by atoms with Crippen LogP contribution in [0.15, 0.2) is 4.99 Å². The Bertz CT molecular complexity index is 593. The Labute approximate surface area is 204 Å². The largest absolute Gasteiger partial charge is 0.379 e. The second-order valence-electron chi connectivity index (χ2n) is 7.50. The summed E-state index contributed by atoms with van der Waals surface area (Å²) in [5.74, 6) is 3.14. The quantitative estimate of drug-likeness (QED) is 0.230. The van der Waals surface area contributed by atoms with Crippen LogP contribution in [-0.2, 0) is 14.8 Å². The number of halogens is 1. The van der Waals surface area contributed by atoms with Crippen LogP contribution in [0.25, 0.3) is 0 Å². The Balaban J connectivity index is 0.00000450. The summed E-state index contributed by atoms with van der Waals surface area (Å²) in [5, 5.41) is 6.61. The Kier molecular flexibility index (Phi) is 14.2. The molecule has 1 atom stereocenters. The molecule has 0 saturated carbocycles. The molecular weight excluding hydrogens is 537 g/mol. The van der Waals surface area contributed by atoms with E-state index in [1.807, 2.05) is 11.8 Å². The molecule has 2 heterocycles. The summed E-state index contributed by atoms with van der Waals surface area (Å²) in [6.45, 7) is 10.4. The maximum Gasteiger partial charge on any atom is 0.215 e. The molecule has 1 unspecified atom stereocenters. The molecule has 0 spiro atoms. The number of guanidine groups is 1. The first-order valence-electron chi connectivity index (χ1n) is 10.8. The lowest BCUT2D eigenvalue weighted by molar-refractivity contribution is 0.00272. The van der Waals surface area contributed by atoms with Crippen molar-refractivity contribution in [1.82, 2.24) is 19.8 Å². The molecular formula is C19H40IN5O3S2. The van der Waals surface area contributed by atoms with Gasteiger partial charge in [-0.3, -0.25) is 9.89 Å². The van der Waals surface area contributed by atoms with Gasteiger partial charge < -0.3 is 15.4 Å². The van der Waals surface area contributed by atoms with Crippen molar-refractivity contribution in [3.63, 3.8) is 0 Å². The lowest BCUT2D eigenvalue weighted by Crippen LogP contribution is -2.53. The zero-order chi connectivity index (χ0) is 21.1. The van der Waals surface area contributed by atoms with Gasteiger partial charge in [0, 0.05) is 63.9 Å². The monoisotopic (exact) mass is 577 g/mol. The molecule has 2 saturated heterocycles. The third kappa shape index (κ3) is 8.97. The molecule has 2 fully saturated rings. The van der Waals surface area contributed by atoms with Gasteiger partial charge in [0.25, 0.3) is 0 Å². The van der Waals surface area contributed by atoms with Crippen molar-refractivity contribution < 1.29 is 13.2 Å². The highest BCUT2D eigenvalue weighted by atomic mass is 127. The molecule has 0 aliphatic carbocycles. The molecule has 2 aliphatic rings. The minimum atomic E-state index is -3.20. The van der Waals surface area contributed by atoms with Crippen LogP contribution in [0.3, 0.4) is 0 Å². The summed E-state index contributed by atoms with van der Waals surface area (Å²) in [4.78, 5) is 6.80. The molecule has 11 heteroatoms. The SMILES string of the molecule is CCC(CC)C(CNC(=NC)NCCS(=O)(=O)N1CCSCC1)N1CCOCC1.I. The summed E-state index contributed by atoms with van der Waals surface area (Å²) in [6.07, 6.45) is 2.27. The van der Waals surface area contributed by atoms with Crippen LogP contribution >= 0.6 is 35.7 Å². The van der Waals surface area contributed by atoms with Gasteiger partial charge in [-0.15, -0.1) is 24.0 Å². The number of sulfonamides is 1. The van der Waals surface area contributed by atoms with Gasteiger partial charge in [0.15, 0.2) is 5.96 Å². The number of thioether (sulfide) groups is 1. The van der Waals surface area contributed by atoms with E-state index in [9.17, 15) is 8.42 Å². The Morgan fingerprint density at radius 2 is 1.73 bits per heavy atom. The van der Waals surface area contributed by atoms with E-state index in [1.54, 1.807) is 11.4 Å². The van der Waals surface area contributed by atoms with E-state index in [4.69, 9.17) is 4.74 Å². The van der Waals surface area contributed by atoms with Crippen LogP contribution in [0, 0.1) is 5.92 Å². The topological polar surface area (TPSA) is 86.3 Å². The Morgan fingerprint density at radius 1 is 1.10 bits per heavy atom. The molecule has 0 bridgehead atoms. The fraction of sp³-hybridized carbons (Fsp3) is 0.947. The minimum absolute atomic E-state index is 0. The van der Waals surface area contributed by atoms with Crippen molar-refractivity contribution >= 4 is 51.7 Å². The average molecular weight is 578 g/mol.